The van der Waals surface area contributed by atoms with E-state index in [9.17, 15) is 14.4 Å². The zero-order chi connectivity index (χ0) is 41.9. The van der Waals surface area contributed by atoms with Crippen LogP contribution in [0, 0.1) is 11.8 Å². The molecule has 320 valence electrons. The number of fused-ring (bicyclic) bond motifs is 2. The van der Waals surface area contributed by atoms with Gasteiger partial charge in [0.15, 0.2) is 6.79 Å². The minimum Gasteiger partial charge on any atom is -0.453 e. The molecule has 0 bridgehead atoms. The van der Waals surface area contributed by atoms with Crippen molar-refractivity contribution in [2.75, 3.05) is 13.9 Å². The average molecular weight is 837 g/mol. The molecule has 3 aromatic carbocycles. The van der Waals surface area contributed by atoms with Gasteiger partial charge in [-0.1, -0.05) is 84.9 Å². The largest absolute Gasteiger partial charge is 0.453 e. The van der Waals surface area contributed by atoms with Crippen LogP contribution < -0.4 is 10.6 Å². The number of piperidine rings is 2. The van der Waals surface area contributed by atoms with E-state index in [2.05, 4.69) is 44.9 Å². The van der Waals surface area contributed by atoms with Gasteiger partial charge in [0.2, 0.25) is 12.3 Å². The summed E-state index contributed by atoms with van der Waals surface area (Å²) < 4.78 is 15.8. The Labute approximate surface area is 360 Å². The lowest BCUT2D eigenvalue weighted by Crippen LogP contribution is -2.50. The highest BCUT2D eigenvalue weighted by atomic mass is 16.9. The summed E-state index contributed by atoms with van der Waals surface area (Å²) in [6.07, 6.45) is 10.7. The molecule has 5 heterocycles. The molecule has 3 saturated carbocycles. The van der Waals surface area contributed by atoms with Gasteiger partial charge in [-0.15, -0.1) is 0 Å². The number of imidazole rings is 2. The second-order valence-electron chi connectivity index (χ2n) is 18.0. The minimum atomic E-state index is -0.836. The van der Waals surface area contributed by atoms with E-state index < -0.39 is 24.6 Å². The van der Waals surface area contributed by atoms with Gasteiger partial charge in [0.1, 0.15) is 23.7 Å². The average Bonchev–Trinajstić information content (AvgIpc) is 3.88. The Hall–Kier alpha value is -5.83. The van der Waals surface area contributed by atoms with E-state index in [1.54, 1.807) is 0 Å². The van der Waals surface area contributed by atoms with Gasteiger partial charge in [-0.3, -0.25) is 14.9 Å². The van der Waals surface area contributed by atoms with E-state index in [1.165, 1.54) is 12.7 Å². The summed E-state index contributed by atoms with van der Waals surface area (Å²) in [7, 11) is 1.31. The number of aromatic nitrogens is 4. The summed E-state index contributed by atoms with van der Waals surface area (Å²) in [4.78, 5) is 61.8. The SMILES string of the molecule is COC(=O)N[C@@H](C(=O)N1[C@@H]2C[C@@H]2C[C@H]1c1ncc(C2CCC(c3ccc(-c4cnc([C@@H]5C[C@H]6CC6N5C(=O)[C@H](NC5OCO5)c5ccccc5)[nH]4)cc3)CC2)[nH]1)c1ccccc1. The number of hydrogen-bond donors (Lipinski definition) is 4. The summed E-state index contributed by atoms with van der Waals surface area (Å²) in [6, 6.07) is 26.7. The highest BCUT2D eigenvalue weighted by Crippen LogP contribution is 2.55. The number of carbonyl (C=O) groups excluding carboxylic acids is 3. The van der Waals surface area contributed by atoms with E-state index in [1.807, 2.05) is 82.9 Å². The third-order valence-corrected chi connectivity index (χ3v) is 14.4. The van der Waals surface area contributed by atoms with Crippen molar-refractivity contribution in [3.05, 3.63) is 131 Å². The van der Waals surface area contributed by atoms with Crippen LogP contribution in [0.25, 0.3) is 11.3 Å². The Morgan fingerprint density at radius 1 is 0.694 bits per heavy atom. The molecule has 6 aliphatic rings. The fourth-order valence-corrected chi connectivity index (χ4v) is 10.8. The van der Waals surface area contributed by atoms with E-state index in [-0.39, 0.29) is 42.8 Å². The van der Waals surface area contributed by atoms with Crippen LogP contribution in [-0.2, 0) is 23.8 Å². The third kappa shape index (κ3) is 7.37. The lowest BCUT2D eigenvalue weighted by atomic mass is 9.77. The molecular formula is C48H52N8O6. The van der Waals surface area contributed by atoms with Crippen molar-refractivity contribution in [3.8, 4) is 11.3 Å². The number of carbonyl (C=O) groups is 3. The van der Waals surface area contributed by atoms with Gasteiger partial charge < -0.3 is 39.3 Å². The smallest absolute Gasteiger partial charge is 0.407 e. The summed E-state index contributed by atoms with van der Waals surface area (Å²) in [6.45, 7) is 0.222. The van der Waals surface area contributed by atoms with Gasteiger partial charge in [-0.2, -0.15) is 0 Å². The van der Waals surface area contributed by atoms with Crippen LogP contribution in [-0.4, -0.2) is 80.0 Å². The van der Waals surface area contributed by atoms with E-state index >= 15 is 0 Å². The van der Waals surface area contributed by atoms with Crippen molar-refractivity contribution in [2.45, 2.75) is 106 Å². The molecule has 1 unspecified atom stereocenters. The van der Waals surface area contributed by atoms with Crippen LogP contribution in [0.2, 0.25) is 0 Å². The lowest BCUT2D eigenvalue weighted by Gasteiger charge is -2.35. The number of hydrogen-bond acceptors (Lipinski definition) is 9. The van der Waals surface area contributed by atoms with Gasteiger partial charge in [0.25, 0.3) is 5.91 Å². The van der Waals surface area contributed by atoms with Gasteiger partial charge in [0, 0.05) is 29.9 Å². The maximum atomic E-state index is 14.3. The van der Waals surface area contributed by atoms with Gasteiger partial charge in [-0.25, -0.2) is 14.8 Å². The lowest BCUT2D eigenvalue weighted by molar-refractivity contribution is -0.335. The summed E-state index contributed by atoms with van der Waals surface area (Å²) in [5.74, 6) is 3.33. The molecule has 11 rings (SSSR count). The van der Waals surface area contributed by atoms with Crippen LogP contribution in [0.3, 0.4) is 0 Å². The molecule has 0 radical (unpaired) electrons. The molecule has 4 N–H and O–H groups in total. The number of amides is 3. The molecule has 3 aliphatic heterocycles. The quantitative estimate of drug-likeness (QED) is 0.101. The Morgan fingerprint density at radius 3 is 1.85 bits per heavy atom. The summed E-state index contributed by atoms with van der Waals surface area (Å²) >= 11 is 0. The molecule has 8 atom stereocenters. The van der Waals surface area contributed by atoms with Crippen molar-refractivity contribution in [1.82, 2.24) is 40.4 Å². The van der Waals surface area contributed by atoms with Crippen LogP contribution >= 0.6 is 0 Å². The molecule has 6 fully saturated rings. The Morgan fingerprint density at radius 2 is 1.26 bits per heavy atom. The maximum Gasteiger partial charge on any atom is 0.407 e. The van der Waals surface area contributed by atoms with E-state index in [0.29, 0.717) is 23.7 Å². The first kappa shape index (κ1) is 39.0. The number of benzene rings is 3. The number of nitrogens with one attached hydrogen (secondary N) is 4. The zero-order valence-corrected chi connectivity index (χ0v) is 34.7. The molecule has 14 nitrogen and oxygen atoms in total. The Bertz CT molecular complexity index is 2410. The fraction of sp³-hybridized carbons (Fsp3) is 0.438. The van der Waals surface area contributed by atoms with Crippen molar-refractivity contribution >= 4 is 17.9 Å². The number of aromatic amines is 2. The first-order valence-corrected chi connectivity index (χ1v) is 22.2. The van der Waals surface area contributed by atoms with Crippen LogP contribution in [0.5, 0.6) is 0 Å². The molecule has 2 aromatic heterocycles. The van der Waals surface area contributed by atoms with Gasteiger partial charge in [0.05, 0.1) is 31.1 Å². The number of alkyl carbamates (subject to hydrolysis) is 1. The number of H-pyrrole nitrogens is 2. The predicted octanol–water partition coefficient (Wildman–Crippen LogP) is 7.28. The van der Waals surface area contributed by atoms with Gasteiger partial charge >= 0.3 is 6.09 Å². The van der Waals surface area contributed by atoms with Crippen LogP contribution in [0.1, 0.15) is 121 Å². The standard InChI is InChI=1S/C48H52N8O6/c1-60-47(59)53-41(31-8-4-2-5-9-31)45(57)55-37-20-33(37)22-39(55)43-49-24-35(51-43)29-16-12-27(13-17-29)28-14-18-30(19-15-28)36-25-50-44(52-36)40-23-34-21-38(34)56(40)46(58)42(54-48-61-26-62-48)32-10-6-3-7-11-32/h2-11,14-15,18-19,24-25,27,29,33-34,37-42,48,54H,12-13,16-17,20-23,26H2,1H3,(H,49,51)(H,50,52)(H,53,59)/t27?,29?,33-,34-,37-,38?,39+,40+,41-,42-/m1/s1. The number of methoxy groups -OCH3 is 1. The first-order chi connectivity index (χ1) is 30.4. The molecule has 62 heavy (non-hydrogen) atoms. The van der Waals surface area contributed by atoms with Crippen molar-refractivity contribution in [3.63, 3.8) is 0 Å². The third-order valence-electron chi connectivity index (χ3n) is 14.4. The molecule has 14 heteroatoms. The Kier molecular flexibility index (Phi) is 10.2. The molecule has 3 aliphatic carbocycles. The van der Waals surface area contributed by atoms with Crippen molar-refractivity contribution < 1.29 is 28.6 Å². The maximum absolute atomic E-state index is 14.3. The normalized spacial score (nSPS) is 28.3. The second kappa shape index (κ2) is 16.1. The number of rotatable bonds is 12. The number of ether oxygens (including phenoxy) is 3. The zero-order valence-electron chi connectivity index (χ0n) is 34.7. The monoisotopic (exact) mass is 836 g/mol. The van der Waals surface area contributed by atoms with E-state index in [4.69, 9.17) is 24.2 Å². The molecule has 0 spiro atoms. The molecule has 3 amide bonds. The molecular weight excluding hydrogens is 785 g/mol. The van der Waals surface area contributed by atoms with E-state index in [0.717, 1.165) is 91.1 Å². The van der Waals surface area contributed by atoms with Crippen molar-refractivity contribution in [1.29, 1.82) is 0 Å². The van der Waals surface area contributed by atoms with Crippen LogP contribution in [0.4, 0.5) is 4.79 Å². The predicted molar refractivity (Wildman–Crippen MR) is 227 cm³/mol. The minimum absolute atomic E-state index is 0.0163. The Balaban J connectivity index is 0.725. The fourth-order valence-electron chi connectivity index (χ4n) is 10.8. The van der Waals surface area contributed by atoms with Crippen LogP contribution in [0.15, 0.2) is 97.3 Å². The van der Waals surface area contributed by atoms with Gasteiger partial charge in [-0.05, 0) is 91.4 Å². The van der Waals surface area contributed by atoms with Crippen molar-refractivity contribution in [2.24, 2.45) is 11.8 Å². The molecule has 3 saturated heterocycles. The highest BCUT2D eigenvalue weighted by molar-refractivity contribution is 5.88. The number of likely N-dealkylation sites (tertiary alicyclic amines) is 2. The first-order valence-electron chi connectivity index (χ1n) is 22.2. The topological polar surface area (TPSA) is 167 Å². The number of nitrogens with zero attached hydrogens (tertiary/aromatic N) is 4. The summed E-state index contributed by atoms with van der Waals surface area (Å²) in [5, 5.41) is 6.05. The second-order valence-corrected chi connectivity index (χ2v) is 18.0. The highest BCUT2D eigenvalue weighted by Gasteiger charge is 2.57. The summed E-state index contributed by atoms with van der Waals surface area (Å²) in [5.41, 5.74) is 6.11. The molecule has 5 aromatic rings.